The van der Waals surface area contributed by atoms with Gasteiger partial charge in [0.15, 0.2) is 0 Å². The van der Waals surface area contributed by atoms with Gasteiger partial charge in [-0.1, -0.05) is 30.7 Å². The zero-order chi connectivity index (χ0) is 11.8. The van der Waals surface area contributed by atoms with Crippen LogP contribution in [0, 0.1) is 0 Å². The van der Waals surface area contributed by atoms with Crippen LogP contribution in [0.25, 0.3) is 0 Å². The minimum Gasteiger partial charge on any atom is -0.383 e. The zero-order valence-electron chi connectivity index (χ0n) is 10.0. The summed E-state index contributed by atoms with van der Waals surface area (Å²) in [5, 5.41) is 4.27. The van der Waals surface area contributed by atoms with Gasteiger partial charge in [-0.25, -0.2) is 0 Å². The summed E-state index contributed by atoms with van der Waals surface area (Å²) >= 11 is 5.83. The van der Waals surface area contributed by atoms with Crippen LogP contribution in [-0.4, -0.2) is 26.3 Å². The first-order chi connectivity index (χ1) is 7.76. The van der Waals surface area contributed by atoms with Crippen molar-refractivity contribution in [3.8, 4) is 0 Å². The van der Waals surface area contributed by atoms with Crippen LogP contribution in [0.5, 0.6) is 0 Å². The van der Waals surface area contributed by atoms with Crippen LogP contribution in [0.15, 0.2) is 24.3 Å². The van der Waals surface area contributed by atoms with Gasteiger partial charge in [-0.2, -0.15) is 0 Å². The van der Waals surface area contributed by atoms with E-state index in [2.05, 4.69) is 24.4 Å². The van der Waals surface area contributed by atoms with E-state index in [0.717, 1.165) is 31.0 Å². The van der Waals surface area contributed by atoms with E-state index in [4.69, 9.17) is 16.3 Å². The van der Waals surface area contributed by atoms with Gasteiger partial charge in [0.2, 0.25) is 0 Å². The standard InChI is InChI=1S/C13H20ClNO/c1-3-13(10-16-2)15-9-8-11-4-6-12(14)7-5-11/h4-7,13,15H,3,8-10H2,1-2H3. The molecule has 1 unspecified atom stereocenters. The first kappa shape index (κ1) is 13.5. The molecule has 0 bridgehead atoms. The van der Waals surface area contributed by atoms with Gasteiger partial charge in [0, 0.05) is 18.2 Å². The van der Waals surface area contributed by atoms with E-state index in [1.807, 2.05) is 12.1 Å². The van der Waals surface area contributed by atoms with Crippen molar-refractivity contribution in [2.75, 3.05) is 20.3 Å². The molecule has 0 radical (unpaired) electrons. The maximum atomic E-state index is 5.83. The first-order valence-electron chi connectivity index (χ1n) is 5.73. The van der Waals surface area contributed by atoms with E-state index in [9.17, 15) is 0 Å². The van der Waals surface area contributed by atoms with E-state index in [1.54, 1.807) is 7.11 Å². The predicted molar refractivity (Wildman–Crippen MR) is 69.1 cm³/mol. The Bertz CT molecular complexity index is 286. The van der Waals surface area contributed by atoms with Crippen LogP contribution in [0.3, 0.4) is 0 Å². The fraction of sp³-hybridized carbons (Fsp3) is 0.538. The van der Waals surface area contributed by atoms with Gasteiger partial charge < -0.3 is 10.1 Å². The Balaban J connectivity index is 2.26. The van der Waals surface area contributed by atoms with Gasteiger partial charge in [-0.15, -0.1) is 0 Å². The van der Waals surface area contributed by atoms with Crippen LogP contribution in [0.4, 0.5) is 0 Å². The van der Waals surface area contributed by atoms with Gasteiger partial charge in [-0.05, 0) is 37.1 Å². The van der Waals surface area contributed by atoms with Gasteiger partial charge in [0.1, 0.15) is 0 Å². The molecule has 0 aliphatic carbocycles. The largest absolute Gasteiger partial charge is 0.383 e. The molecule has 1 atom stereocenters. The van der Waals surface area contributed by atoms with Crippen LogP contribution in [0.2, 0.25) is 5.02 Å². The molecule has 1 aromatic carbocycles. The monoisotopic (exact) mass is 241 g/mol. The van der Waals surface area contributed by atoms with Gasteiger partial charge in [0.25, 0.3) is 0 Å². The van der Waals surface area contributed by atoms with Gasteiger partial charge >= 0.3 is 0 Å². The van der Waals surface area contributed by atoms with Crippen LogP contribution in [0.1, 0.15) is 18.9 Å². The molecule has 0 aliphatic heterocycles. The first-order valence-corrected chi connectivity index (χ1v) is 6.10. The average Bonchev–Trinajstić information content (AvgIpc) is 2.30. The molecule has 1 N–H and O–H groups in total. The number of hydrogen-bond donors (Lipinski definition) is 1. The molecule has 2 nitrogen and oxygen atoms in total. The number of rotatable bonds is 7. The van der Waals surface area contributed by atoms with Crippen LogP contribution >= 0.6 is 11.6 Å². The lowest BCUT2D eigenvalue weighted by atomic mass is 10.1. The summed E-state index contributed by atoms with van der Waals surface area (Å²) in [5.41, 5.74) is 1.31. The highest BCUT2D eigenvalue weighted by molar-refractivity contribution is 6.30. The summed E-state index contributed by atoms with van der Waals surface area (Å²) < 4.78 is 5.13. The molecule has 0 aromatic heterocycles. The second-order valence-electron chi connectivity index (χ2n) is 3.89. The van der Waals surface area contributed by atoms with E-state index in [-0.39, 0.29) is 0 Å². The minimum absolute atomic E-state index is 0.456. The SMILES string of the molecule is CCC(COC)NCCc1ccc(Cl)cc1. The van der Waals surface area contributed by atoms with Crippen molar-refractivity contribution in [2.24, 2.45) is 0 Å². The third-order valence-electron chi connectivity index (χ3n) is 2.62. The lowest BCUT2D eigenvalue weighted by Gasteiger charge is -2.15. The number of nitrogens with one attached hydrogen (secondary N) is 1. The molecule has 0 saturated heterocycles. The fourth-order valence-corrected chi connectivity index (χ4v) is 1.72. The Morgan fingerprint density at radius 3 is 2.56 bits per heavy atom. The van der Waals surface area contributed by atoms with Gasteiger partial charge in [-0.3, -0.25) is 0 Å². The number of halogens is 1. The number of benzene rings is 1. The Labute approximate surface area is 103 Å². The Kier molecular flexibility index (Phi) is 6.46. The quantitative estimate of drug-likeness (QED) is 0.793. The highest BCUT2D eigenvalue weighted by Gasteiger charge is 2.03. The molecule has 90 valence electrons. The molecule has 1 aromatic rings. The molecular weight excluding hydrogens is 222 g/mol. The van der Waals surface area contributed by atoms with Crippen molar-refractivity contribution in [2.45, 2.75) is 25.8 Å². The molecular formula is C13H20ClNO. The summed E-state index contributed by atoms with van der Waals surface area (Å²) in [7, 11) is 1.74. The maximum absolute atomic E-state index is 5.83. The normalized spacial score (nSPS) is 12.7. The van der Waals surface area contributed by atoms with Crippen LogP contribution < -0.4 is 5.32 Å². The smallest absolute Gasteiger partial charge is 0.0615 e. The van der Waals surface area contributed by atoms with E-state index >= 15 is 0 Å². The lowest BCUT2D eigenvalue weighted by molar-refractivity contribution is 0.165. The van der Waals surface area contributed by atoms with Crippen molar-refractivity contribution in [3.05, 3.63) is 34.9 Å². The summed E-state index contributed by atoms with van der Waals surface area (Å²) in [4.78, 5) is 0. The highest BCUT2D eigenvalue weighted by atomic mass is 35.5. The summed E-state index contributed by atoms with van der Waals surface area (Å²) in [6.45, 7) is 3.92. The lowest BCUT2D eigenvalue weighted by Crippen LogP contribution is -2.33. The number of methoxy groups -OCH3 is 1. The van der Waals surface area contributed by atoms with E-state index in [0.29, 0.717) is 6.04 Å². The predicted octanol–water partition coefficient (Wildman–Crippen LogP) is 2.90. The topological polar surface area (TPSA) is 21.3 Å². The van der Waals surface area contributed by atoms with Gasteiger partial charge in [0.05, 0.1) is 6.61 Å². The summed E-state index contributed by atoms with van der Waals surface area (Å²) in [5.74, 6) is 0. The fourth-order valence-electron chi connectivity index (χ4n) is 1.59. The van der Waals surface area contributed by atoms with E-state index in [1.165, 1.54) is 5.56 Å². The average molecular weight is 242 g/mol. The third kappa shape index (κ3) is 4.97. The van der Waals surface area contributed by atoms with Crippen molar-refractivity contribution in [1.82, 2.24) is 5.32 Å². The summed E-state index contributed by atoms with van der Waals surface area (Å²) in [6, 6.07) is 8.47. The molecule has 0 amide bonds. The van der Waals surface area contributed by atoms with Crippen molar-refractivity contribution < 1.29 is 4.74 Å². The molecule has 0 spiro atoms. The van der Waals surface area contributed by atoms with Crippen molar-refractivity contribution in [1.29, 1.82) is 0 Å². The Hall–Kier alpha value is -0.570. The molecule has 0 heterocycles. The van der Waals surface area contributed by atoms with E-state index < -0.39 is 0 Å². The second-order valence-corrected chi connectivity index (χ2v) is 4.33. The minimum atomic E-state index is 0.456. The number of hydrogen-bond acceptors (Lipinski definition) is 2. The molecule has 0 aliphatic rings. The second kappa shape index (κ2) is 7.66. The van der Waals surface area contributed by atoms with Crippen LogP contribution in [-0.2, 0) is 11.2 Å². The molecule has 3 heteroatoms. The third-order valence-corrected chi connectivity index (χ3v) is 2.87. The number of ether oxygens (including phenoxy) is 1. The molecule has 1 rings (SSSR count). The van der Waals surface area contributed by atoms with Crippen molar-refractivity contribution in [3.63, 3.8) is 0 Å². The zero-order valence-corrected chi connectivity index (χ0v) is 10.8. The molecule has 0 saturated carbocycles. The summed E-state index contributed by atoms with van der Waals surface area (Å²) in [6.07, 6.45) is 2.12. The Morgan fingerprint density at radius 2 is 2.00 bits per heavy atom. The molecule has 16 heavy (non-hydrogen) atoms. The van der Waals surface area contributed by atoms with Crippen molar-refractivity contribution >= 4 is 11.6 Å². The highest BCUT2D eigenvalue weighted by Crippen LogP contribution is 2.09. The maximum Gasteiger partial charge on any atom is 0.0615 e. The molecule has 0 fully saturated rings. The Morgan fingerprint density at radius 1 is 1.31 bits per heavy atom.